The number of rotatable bonds is 5. The highest BCUT2D eigenvalue weighted by molar-refractivity contribution is 7.45. The van der Waals surface area contributed by atoms with E-state index in [1.165, 1.54) is 6.08 Å². The molecule has 0 N–H and O–H groups in total. The highest BCUT2D eigenvalue weighted by Crippen LogP contribution is 2.30. The molecule has 0 saturated heterocycles. The van der Waals surface area contributed by atoms with Gasteiger partial charge in [-0.2, -0.15) is 0 Å². The van der Waals surface area contributed by atoms with E-state index < -0.39 is 25.3 Å². The first-order valence-corrected chi connectivity index (χ1v) is 7.74. The van der Waals surface area contributed by atoms with Crippen LogP contribution < -0.4 is 0 Å². The molecule has 0 nitrogen and oxygen atoms in total. The smallest absolute Gasteiger partial charge is 0.241 e. The summed E-state index contributed by atoms with van der Waals surface area (Å²) in [4.78, 5) is 0. The predicted molar refractivity (Wildman–Crippen MR) is 48.2 cm³/mol. The summed E-state index contributed by atoms with van der Waals surface area (Å²) in [5.74, 6) is 0. The first-order valence-electron chi connectivity index (χ1n) is 3.30. The van der Waals surface area contributed by atoms with E-state index in [-0.39, 0.29) is 6.04 Å². The number of allylic oxidation sites excluding steroid dienone is 1. The first-order chi connectivity index (χ1) is 5.39. The molecule has 12 heavy (non-hydrogen) atoms. The zero-order valence-electron chi connectivity index (χ0n) is 6.24. The lowest BCUT2D eigenvalue weighted by Crippen LogP contribution is -2.26. The van der Waals surface area contributed by atoms with Gasteiger partial charge in [0, 0.05) is 6.04 Å². The molecule has 72 valence electrons. The second-order valence-corrected chi connectivity index (χ2v) is 9.85. The normalized spacial score (nSPS) is 14.8. The number of alkyl halides is 3. The van der Waals surface area contributed by atoms with E-state index >= 15 is 0 Å². The largest absolute Gasteiger partial charge is 0.269 e. The van der Waals surface area contributed by atoms with Crippen LogP contribution in [0.15, 0.2) is 12.7 Å². The van der Waals surface area contributed by atoms with Gasteiger partial charge in [-0.05, 0) is 6.04 Å². The van der Waals surface area contributed by atoms with Crippen LogP contribution in [0.3, 0.4) is 0 Å². The fourth-order valence-corrected chi connectivity index (χ4v) is 3.55. The van der Waals surface area contributed by atoms with Crippen LogP contribution in [0, 0.1) is 0 Å². The first kappa shape index (κ1) is 12.3. The van der Waals surface area contributed by atoms with Crippen molar-refractivity contribution >= 4 is 28.9 Å². The van der Waals surface area contributed by atoms with Gasteiger partial charge in [-0.1, -0.05) is 6.08 Å². The lowest BCUT2D eigenvalue weighted by molar-refractivity contribution is 0.0600. The summed E-state index contributed by atoms with van der Waals surface area (Å²) < 4.78 is 35.8. The summed E-state index contributed by atoms with van der Waals surface area (Å²) >= 11 is 11.3. The van der Waals surface area contributed by atoms with Gasteiger partial charge in [0.25, 0.3) is 13.1 Å². The van der Waals surface area contributed by atoms with Crippen molar-refractivity contribution in [3.63, 3.8) is 0 Å². The van der Waals surface area contributed by atoms with Crippen molar-refractivity contribution in [1.29, 1.82) is 0 Å². The van der Waals surface area contributed by atoms with Gasteiger partial charge in [0.2, 0.25) is 0 Å². The molecule has 0 aliphatic heterocycles. The van der Waals surface area contributed by atoms with E-state index in [4.69, 9.17) is 22.2 Å². The summed E-state index contributed by atoms with van der Waals surface area (Å²) in [5.41, 5.74) is 0. The van der Waals surface area contributed by atoms with Crippen LogP contribution in [0.1, 0.15) is 0 Å². The molecular weight excluding hydrogens is 228 g/mol. The molecule has 0 radical (unpaired) electrons. The van der Waals surface area contributed by atoms with Gasteiger partial charge < -0.3 is 0 Å². The van der Waals surface area contributed by atoms with Crippen molar-refractivity contribution < 1.29 is 13.2 Å². The van der Waals surface area contributed by atoms with Crippen LogP contribution in [0.4, 0.5) is 13.2 Å². The summed E-state index contributed by atoms with van der Waals surface area (Å²) in [5, 5.41) is 0. The van der Waals surface area contributed by atoms with Gasteiger partial charge in [-0.25, -0.2) is 13.2 Å². The van der Waals surface area contributed by atoms with Crippen LogP contribution in [0.25, 0.3) is 0 Å². The molecule has 0 amide bonds. The van der Waals surface area contributed by atoms with Crippen LogP contribution in [0.5, 0.6) is 0 Å². The molecule has 0 aliphatic rings. The third-order valence-electron chi connectivity index (χ3n) is 1.21. The lowest BCUT2D eigenvalue weighted by Gasteiger charge is -2.16. The van der Waals surface area contributed by atoms with Crippen molar-refractivity contribution in [1.82, 2.24) is 0 Å². The summed E-state index contributed by atoms with van der Waals surface area (Å²) in [6.45, 7) is 0.496. The topological polar surface area (TPSA) is 0 Å². The van der Waals surface area contributed by atoms with Crippen molar-refractivity contribution in [2.45, 2.75) is 24.7 Å². The second kappa shape index (κ2) is 5.14. The minimum Gasteiger partial charge on any atom is -0.241 e. The average Bonchev–Trinajstić information content (AvgIpc) is 1.85. The minimum atomic E-state index is -3.00. The highest BCUT2D eigenvalue weighted by atomic mass is 35.7. The molecule has 0 rings (SSSR count). The number of hydrogen-bond acceptors (Lipinski definition) is 0. The van der Waals surface area contributed by atoms with Crippen LogP contribution in [-0.2, 0) is 0 Å². The van der Waals surface area contributed by atoms with Crippen molar-refractivity contribution in [2.75, 3.05) is 0 Å². The molecule has 0 aromatic heterocycles. The Kier molecular flexibility index (Phi) is 5.28. The Hall–Kier alpha value is 0.327. The minimum absolute atomic E-state index is 0.225. The standard InChI is InChI=1S/C6H9Cl2F3Si/c1-2-3-12(7,8)4-5(9)6(10)11/h2,5-6H,1,3-4H2. The molecule has 0 spiro atoms. The van der Waals surface area contributed by atoms with Crippen LogP contribution in [-0.4, -0.2) is 19.3 Å². The number of hydrogen-bond donors (Lipinski definition) is 0. The molecule has 0 bridgehead atoms. The van der Waals surface area contributed by atoms with Crippen LogP contribution >= 0.6 is 22.2 Å². The molecule has 1 atom stereocenters. The fourth-order valence-electron chi connectivity index (χ4n) is 0.669. The van der Waals surface area contributed by atoms with E-state index in [2.05, 4.69) is 6.58 Å². The van der Waals surface area contributed by atoms with Gasteiger partial charge in [0.1, 0.15) is 0 Å². The molecule has 0 saturated carbocycles. The van der Waals surface area contributed by atoms with E-state index in [1.807, 2.05) is 0 Å². The van der Waals surface area contributed by atoms with E-state index in [0.717, 1.165) is 0 Å². The molecule has 0 aliphatic carbocycles. The van der Waals surface area contributed by atoms with Gasteiger partial charge in [-0.3, -0.25) is 0 Å². The Morgan fingerprint density at radius 2 is 1.83 bits per heavy atom. The quantitative estimate of drug-likeness (QED) is 0.388. The molecular formula is C6H9Cl2F3Si. The second-order valence-electron chi connectivity index (χ2n) is 2.40. The monoisotopic (exact) mass is 236 g/mol. The SMILES string of the molecule is C=CC[Si](Cl)(Cl)CC(F)C(F)F. The summed E-state index contributed by atoms with van der Waals surface area (Å²) in [6, 6.07) is -0.219. The predicted octanol–water partition coefficient (Wildman–Crippen LogP) is 3.70. The molecule has 1 unspecified atom stereocenters. The maximum atomic E-state index is 12.4. The highest BCUT2D eigenvalue weighted by Gasteiger charge is 2.34. The molecule has 0 aromatic rings. The van der Waals surface area contributed by atoms with Crippen molar-refractivity contribution in [2.24, 2.45) is 0 Å². The Labute approximate surface area is 79.8 Å². The van der Waals surface area contributed by atoms with Crippen molar-refractivity contribution in [3.05, 3.63) is 12.7 Å². The Morgan fingerprint density at radius 3 is 2.17 bits per heavy atom. The number of halogens is 5. The van der Waals surface area contributed by atoms with Gasteiger partial charge in [0.15, 0.2) is 6.17 Å². The summed E-state index contributed by atoms with van der Waals surface area (Å²) in [7, 11) is 0. The maximum Gasteiger partial charge on any atom is 0.269 e. The average molecular weight is 237 g/mol. The van der Waals surface area contributed by atoms with Gasteiger partial charge >= 0.3 is 0 Å². The molecule has 0 heterocycles. The zero-order valence-corrected chi connectivity index (χ0v) is 8.76. The molecule has 6 heteroatoms. The molecule has 0 fully saturated rings. The third-order valence-corrected chi connectivity index (χ3v) is 4.93. The van der Waals surface area contributed by atoms with E-state index in [9.17, 15) is 13.2 Å². The zero-order chi connectivity index (χ0) is 9.78. The lowest BCUT2D eigenvalue weighted by atomic mass is 10.5. The van der Waals surface area contributed by atoms with E-state index in [1.54, 1.807) is 0 Å². The van der Waals surface area contributed by atoms with Crippen LogP contribution in [0.2, 0.25) is 12.1 Å². The van der Waals surface area contributed by atoms with Crippen molar-refractivity contribution in [3.8, 4) is 0 Å². The Balaban J connectivity index is 3.95. The van der Waals surface area contributed by atoms with E-state index in [0.29, 0.717) is 0 Å². The summed E-state index contributed by atoms with van der Waals surface area (Å²) in [6.07, 6.45) is -3.80. The Bertz CT molecular complexity index is 152. The van der Waals surface area contributed by atoms with Gasteiger partial charge in [0.05, 0.1) is 0 Å². The third kappa shape index (κ3) is 5.06. The Morgan fingerprint density at radius 1 is 1.33 bits per heavy atom. The van der Waals surface area contributed by atoms with Gasteiger partial charge in [-0.15, -0.1) is 28.7 Å². The fraction of sp³-hybridized carbons (Fsp3) is 0.667. The maximum absolute atomic E-state index is 12.4. The molecule has 0 aromatic carbocycles.